The smallest absolute Gasteiger partial charge is 0.264 e. The average molecular weight is 307 g/mol. The van der Waals surface area contributed by atoms with E-state index in [-0.39, 0.29) is 12.0 Å². The summed E-state index contributed by atoms with van der Waals surface area (Å²) >= 11 is 1.51. The molecule has 2 aromatic heterocycles. The Bertz CT molecular complexity index is 631. The molecular formula is C15H21N3O2S. The SMILES string of the molecule is Cc1nn(C)c2sc(C(=O)N3CCC(C(C)O)CC3)cc12. The summed E-state index contributed by atoms with van der Waals surface area (Å²) < 4.78 is 1.84. The Morgan fingerprint density at radius 2 is 2.14 bits per heavy atom. The van der Waals surface area contributed by atoms with Gasteiger partial charge in [-0.1, -0.05) is 0 Å². The first-order valence-corrected chi connectivity index (χ1v) is 8.19. The van der Waals surface area contributed by atoms with E-state index in [4.69, 9.17) is 0 Å². The van der Waals surface area contributed by atoms with Crippen LogP contribution in [0, 0.1) is 12.8 Å². The van der Waals surface area contributed by atoms with Gasteiger partial charge in [-0.05, 0) is 38.7 Å². The van der Waals surface area contributed by atoms with Crippen LogP contribution in [-0.4, -0.2) is 44.9 Å². The molecule has 1 aliphatic rings. The van der Waals surface area contributed by atoms with Crippen molar-refractivity contribution in [3.8, 4) is 0 Å². The highest BCUT2D eigenvalue weighted by atomic mass is 32.1. The van der Waals surface area contributed by atoms with Crippen molar-refractivity contribution in [1.82, 2.24) is 14.7 Å². The number of amides is 1. The zero-order valence-corrected chi connectivity index (χ0v) is 13.5. The van der Waals surface area contributed by atoms with Gasteiger partial charge in [-0.3, -0.25) is 9.48 Å². The summed E-state index contributed by atoms with van der Waals surface area (Å²) in [6.07, 6.45) is 1.49. The fourth-order valence-corrected chi connectivity index (χ4v) is 4.14. The third-order valence-corrected chi connectivity index (χ3v) is 5.61. The minimum atomic E-state index is -0.277. The largest absolute Gasteiger partial charge is 0.393 e. The molecule has 1 fully saturated rings. The van der Waals surface area contributed by atoms with Crippen LogP contribution in [-0.2, 0) is 7.05 Å². The summed E-state index contributed by atoms with van der Waals surface area (Å²) in [6.45, 7) is 5.28. The van der Waals surface area contributed by atoms with E-state index in [0.717, 1.165) is 46.7 Å². The molecule has 1 amide bonds. The number of aryl methyl sites for hydroxylation is 2. The van der Waals surface area contributed by atoms with E-state index >= 15 is 0 Å². The second-order valence-corrected chi connectivity index (χ2v) is 6.94. The molecule has 1 N–H and O–H groups in total. The Balaban J connectivity index is 1.77. The maximum absolute atomic E-state index is 12.6. The summed E-state index contributed by atoms with van der Waals surface area (Å²) in [6, 6.07) is 1.96. The van der Waals surface area contributed by atoms with Crippen LogP contribution < -0.4 is 0 Å². The van der Waals surface area contributed by atoms with Crippen LogP contribution in [0.25, 0.3) is 10.2 Å². The van der Waals surface area contributed by atoms with Gasteiger partial charge < -0.3 is 10.0 Å². The van der Waals surface area contributed by atoms with E-state index < -0.39 is 0 Å². The molecule has 0 saturated carbocycles. The minimum Gasteiger partial charge on any atom is -0.393 e. The lowest BCUT2D eigenvalue weighted by atomic mass is 9.92. The maximum atomic E-state index is 12.6. The molecule has 0 bridgehead atoms. The zero-order chi connectivity index (χ0) is 15.1. The molecule has 3 rings (SSSR count). The Morgan fingerprint density at radius 3 is 2.71 bits per heavy atom. The molecular weight excluding hydrogens is 286 g/mol. The summed E-state index contributed by atoms with van der Waals surface area (Å²) in [5.41, 5.74) is 0.968. The Hall–Kier alpha value is -1.40. The molecule has 114 valence electrons. The first-order chi connectivity index (χ1) is 9.97. The lowest BCUT2D eigenvalue weighted by molar-refractivity contribution is 0.0525. The molecule has 3 heterocycles. The molecule has 1 atom stereocenters. The van der Waals surface area contributed by atoms with Crippen molar-refractivity contribution in [3.05, 3.63) is 16.6 Å². The van der Waals surface area contributed by atoms with Crippen molar-refractivity contribution < 1.29 is 9.90 Å². The molecule has 5 nitrogen and oxygen atoms in total. The first kappa shape index (κ1) is 14.5. The van der Waals surface area contributed by atoms with Crippen LogP contribution in [0.3, 0.4) is 0 Å². The van der Waals surface area contributed by atoms with E-state index in [9.17, 15) is 9.90 Å². The van der Waals surface area contributed by atoms with Crippen molar-refractivity contribution in [1.29, 1.82) is 0 Å². The van der Waals surface area contributed by atoms with Gasteiger partial charge >= 0.3 is 0 Å². The van der Waals surface area contributed by atoms with Gasteiger partial charge in [-0.15, -0.1) is 11.3 Å². The molecule has 21 heavy (non-hydrogen) atoms. The first-order valence-electron chi connectivity index (χ1n) is 7.38. The van der Waals surface area contributed by atoms with E-state index in [1.807, 2.05) is 36.5 Å². The lowest BCUT2D eigenvalue weighted by Crippen LogP contribution is -2.40. The highest BCUT2D eigenvalue weighted by Crippen LogP contribution is 2.30. The highest BCUT2D eigenvalue weighted by Gasteiger charge is 2.27. The van der Waals surface area contributed by atoms with Crippen molar-refractivity contribution in [2.24, 2.45) is 13.0 Å². The predicted octanol–water partition coefficient (Wildman–Crippen LogP) is 2.18. The normalized spacial score (nSPS) is 18.4. The minimum absolute atomic E-state index is 0.111. The number of aliphatic hydroxyl groups is 1. The molecule has 0 aliphatic carbocycles. The molecule has 0 spiro atoms. The van der Waals surface area contributed by atoms with Crippen LogP contribution >= 0.6 is 11.3 Å². The van der Waals surface area contributed by atoms with Crippen LogP contribution in [0.15, 0.2) is 6.07 Å². The topological polar surface area (TPSA) is 58.4 Å². The molecule has 2 aromatic rings. The Labute approximate surface area is 128 Å². The number of carbonyl (C=O) groups is 1. The lowest BCUT2D eigenvalue weighted by Gasteiger charge is -2.33. The highest BCUT2D eigenvalue weighted by molar-refractivity contribution is 7.20. The van der Waals surface area contributed by atoms with Crippen LogP contribution in [0.5, 0.6) is 0 Å². The third-order valence-electron chi connectivity index (χ3n) is 4.42. The van der Waals surface area contributed by atoms with Crippen LogP contribution in [0.1, 0.15) is 35.1 Å². The standard InChI is InChI=1S/C15H21N3O2S/c1-9-12-8-13(21-15(12)17(3)16-9)14(20)18-6-4-11(5-7-18)10(2)19/h8,10-11,19H,4-7H2,1-3H3. The predicted molar refractivity (Wildman–Crippen MR) is 83.6 cm³/mol. The number of hydrogen-bond donors (Lipinski definition) is 1. The zero-order valence-electron chi connectivity index (χ0n) is 12.7. The Kier molecular flexibility index (Phi) is 3.75. The summed E-state index contributed by atoms with van der Waals surface area (Å²) in [5.74, 6) is 0.433. The van der Waals surface area contributed by atoms with Gasteiger partial charge in [0.1, 0.15) is 4.83 Å². The molecule has 1 saturated heterocycles. The second kappa shape index (κ2) is 5.42. The van der Waals surface area contributed by atoms with Gasteiger partial charge in [0, 0.05) is 25.5 Å². The summed E-state index contributed by atoms with van der Waals surface area (Å²) in [7, 11) is 1.91. The molecule has 1 unspecified atom stereocenters. The Morgan fingerprint density at radius 1 is 1.48 bits per heavy atom. The molecule has 0 aromatic carbocycles. The number of aromatic nitrogens is 2. The number of piperidine rings is 1. The molecule has 1 aliphatic heterocycles. The van der Waals surface area contributed by atoms with Crippen molar-refractivity contribution >= 4 is 27.5 Å². The number of carbonyl (C=O) groups excluding carboxylic acids is 1. The van der Waals surface area contributed by atoms with Crippen molar-refractivity contribution in [3.63, 3.8) is 0 Å². The summed E-state index contributed by atoms with van der Waals surface area (Å²) in [5, 5.41) is 15.1. The number of rotatable bonds is 2. The van der Waals surface area contributed by atoms with Gasteiger partial charge in [0.2, 0.25) is 0 Å². The summed E-state index contributed by atoms with van der Waals surface area (Å²) in [4.78, 5) is 16.4. The fraction of sp³-hybridized carbons (Fsp3) is 0.600. The van der Waals surface area contributed by atoms with Gasteiger partial charge in [-0.2, -0.15) is 5.10 Å². The second-order valence-electron chi connectivity index (χ2n) is 5.91. The monoisotopic (exact) mass is 307 g/mol. The molecule has 0 radical (unpaired) electrons. The number of aliphatic hydroxyl groups excluding tert-OH is 1. The van der Waals surface area contributed by atoms with E-state index in [2.05, 4.69) is 5.10 Å². The van der Waals surface area contributed by atoms with Crippen molar-refractivity contribution in [2.45, 2.75) is 32.8 Å². The maximum Gasteiger partial charge on any atom is 0.264 e. The van der Waals surface area contributed by atoms with E-state index in [1.54, 1.807) is 0 Å². The van der Waals surface area contributed by atoms with Gasteiger partial charge in [0.15, 0.2) is 0 Å². The van der Waals surface area contributed by atoms with E-state index in [0.29, 0.717) is 5.92 Å². The van der Waals surface area contributed by atoms with Gasteiger partial charge in [0.05, 0.1) is 16.7 Å². The number of fused-ring (bicyclic) bond motifs is 1. The van der Waals surface area contributed by atoms with E-state index in [1.165, 1.54) is 11.3 Å². The van der Waals surface area contributed by atoms with Crippen LogP contribution in [0.2, 0.25) is 0 Å². The van der Waals surface area contributed by atoms with Gasteiger partial charge in [-0.25, -0.2) is 0 Å². The quantitative estimate of drug-likeness (QED) is 0.925. The average Bonchev–Trinajstić information content (AvgIpc) is 3.01. The number of hydrogen-bond acceptors (Lipinski definition) is 4. The third kappa shape index (κ3) is 2.58. The number of nitrogens with zero attached hydrogens (tertiary/aromatic N) is 3. The fourth-order valence-electron chi connectivity index (χ4n) is 3.05. The van der Waals surface area contributed by atoms with Gasteiger partial charge in [0.25, 0.3) is 5.91 Å². The number of thiophene rings is 1. The molecule has 6 heteroatoms. The number of likely N-dealkylation sites (tertiary alicyclic amines) is 1. The van der Waals surface area contributed by atoms with Crippen molar-refractivity contribution in [2.75, 3.05) is 13.1 Å². The van der Waals surface area contributed by atoms with Crippen LogP contribution in [0.4, 0.5) is 0 Å².